The Balaban J connectivity index is 3.16. The van der Waals surface area contributed by atoms with Crippen molar-refractivity contribution in [1.29, 1.82) is 0 Å². The Labute approximate surface area is 104 Å². The first-order chi connectivity index (χ1) is 8.11. The van der Waals surface area contributed by atoms with Gasteiger partial charge in [-0.25, -0.2) is 0 Å². The van der Waals surface area contributed by atoms with Crippen LogP contribution >= 0.6 is 0 Å². The van der Waals surface area contributed by atoms with Crippen LogP contribution < -0.4 is 10.9 Å². The standard InChI is InChI=1S/C14H24N2O/c1-5-6-9-16-13(11(2)3)8-7-12(10-15-4)14(16)17/h7-8,11,15H,5-6,9-10H2,1-4H3. The van der Waals surface area contributed by atoms with E-state index in [-0.39, 0.29) is 5.56 Å². The van der Waals surface area contributed by atoms with E-state index in [1.54, 1.807) is 0 Å². The minimum Gasteiger partial charge on any atom is -0.315 e. The maximum atomic E-state index is 12.3. The molecular formula is C14H24N2O. The molecule has 1 N–H and O–H groups in total. The van der Waals surface area contributed by atoms with E-state index in [9.17, 15) is 4.79 Å². The zero-order valence-corrected chi connectivity index (χ0v) is 11.4. The van der Waals surface area contributed by atoms with Crippen LogP contribution in [-0.4, -0.2) is 11.6 Å². The van der Waals surface area contributed by atoms with Crippen molar-refractivity contribution in [3.8, 4) is 0 Å². The molecule has 0 aliphatic carbocycles. The van der Waals surface area contributed by atoms with Gasteiger partial charge in [-0.2, -0.15) is 0 Å². The van der Waals surface area contributed by atoms with Crippen LogP contribution in [0, 0.1) is 0 Å². The summed E-state index contributed by atoms with van der Waals surface area (Å²) >= 11 is 0. The van der Waals surface area contributed by atoms with E-state index in [4.69, 9.17) is 0 Å². The van der Waals surface area contributed by atoms with Gasteiger partial charge in [0.2, 0.25) is 0 Å². The van der Waals surface area contributed by atoms with Crippen LogP contribution in [-0.2, 0) is 13.1 Å². The molecule has 0 bridgehead atoms. The number of hydrogen-bond acceptors (Lipinski definition) is 2. The average Bonchev–Trinajstić information content (AvgIpc) is 2.30. The monoisotopic (exact) mass is 236 g/mol. The summed E-state index contributed by atoms with van der Waals surface area (Å²) in [4.78, 5) is 12.3. The predicted octanol–water partition coefficient (Wildman–Crippen LogP) is 2.49. The molecule has 0 spiro atoms. The second-order valence-corrected chi connectivity index (χ2v) is 4.78. The summed E-state index contributed by atoms with van der Waals surface area (Å²) in [5.41, 5.74) is 2.16. The van der Waals surface area contributed by atoms with Crippen LogP contribution in [0.3, 0.4) is 0 Å². The summed E-state index contributed by atoms with van der Waals surface area (Å²) in [5.74, 6) is 0.392. The van der Waals surface area contributed by atoms with Crippen molar-refractivity contribution in [3.63, 3.8) is 0 Å². The van der Waals surface area contributed by atoms with Crippen molar-refractivity contribution in [2.75, 3.05) is 7.05 Å². The molecule has 1 rings (SSSR count). The molecule has 3 nitrogen and oxygen atoms in total. The quantitative estimate of drug-likeness (QED) is 0.823. The molecule has 1 aromatic heterocycles. The Morgan fingerprint density at radius 3 is 2.59 bits per heavy atom. The van der Waals surface area contributed by atoms with Crippen molar-refractivity contribution in [2.24, 2.45) is 0 Å². The Morgan fingerprint density at radius 1 is 1.35 bits per heavy atom. The van der Waals surface area contributed by atoms with Gasteiger partial charge < -0.3 is 9.88 Å². The summed E-state index contributed by atoms with van der Waals surface area (Å²) in [6, 6.07) is 4.05. The van der Waals surface area contributed by atoms with Crippen LogP contribution in [0.1, 0.15) is 50.8 Å². The van der Waals surface area contributed by atoms with E-state index in [0.29, 0.717) is 12.5 Å². The van der Waals surface area contributed by atoms with Gasteiger partial charge in [0.15, 0.2) is 0 Å². The fourth-order valence-electron chi connectivity index (χ4n) is 2.01. The minimum atomic E-state index is 0.166. The molecule has 3 heteroatoms. The Hall–Kier alpha value is -1.09. The van der Waals surface area contributed by atoms with Gasteiger partial charge in [0.25, 0.3) is 5.56 Å². The third kappa shape index (κ3) is 3.43. The molecule has 1 heterocycles. The molecule has 0 saturated heterocycles. The lowest BCUT2D eigenvalue weighted by molar-refractivity contribution is 0.563. The van der Waals surface area contributed by atoms with E-state index in [2.05, 4.69) is 32.2 Å². The van der Waals surface area contributed by atoms with E-state index >= 15 is 0 Å². The highest BCUT2D eigenvalue weighted by Gasteiger charge is 2.10. The molecule has 0 unspecified atom stereocenters. The lowest BCUT2D eigenvalue weighted by atomic mass is 10.1. The fraction of sp³-hybridized carbons (Fsp3) is 0.643. The van der Waals surface area contributed by atoms with Crippen molar-refractivity contribution < 1.29 is 0 Å². The van der Waals surface area contributed by atoms with Gasteiger partial charge in [0.1, 0.15) is 0 Å². The zero-order chi connectivity index (χ0) is 12.8. The lowest BCUT2D eigenvalue weighted by Crippen LogP contribution is -2.29. The van der Waals surface area contributed by atoms with Crippen molar-refractivity contribution in [2.45, 2.75) is 52.6 Å². The molecule has 96 valence electrons. The number of nitrogens with zero attached hydrogens (tertiary/aromatic N) is 1. The van der Waals surface area contributed by atoms with Gasteiger partial charge in [0, 0.05) is 24.3 Å². The van der Waals surface area contributed by atoms with Crippen LogP contribution in [0.15, 0.2) is 16.9 Å². The number of nitrogens with one attached hydrogen (secondary N) is 1. The molecular weight excluding hydrogens is 212 g/mol. The molecule has 1 aromatic rings. The Morgan fingerprint density at radius 2 is 2.06 bits per heavy atom. The first-order valence-electron chi connectivity index (χ1n) is 6.49. The normalized spacial score (nSPS) is 11.1. The van der Waals surface area contributed by atoms with Crippen LogP contribution in [0.25, 0.3) is 0 Å². The van der Waals surface area contributed by atoms with Crippen molar-refractivity contribution in [3.05, 3.63) is 33.7 Å². The maximum Gasteiger partial charge on any atom is 0.255 e. The van der Waals surface area contributed by atoms with Crippen LogP contribution in [0.4, 0.5) is 0 Å². The van der Waals surface area contributed by atoms with E-state index < -0.39 is 0 Å². The largest absolute Gasteiger partial charge is 0.315 e. The SMILES string of the molecule is CCCCn1c(C(C)C)ccc(CNC)c1=O. The average molecular weight is 236 g/mol. The highest BCUT2D eigenvalue weighted by atomic mass is 16.1. The first kappa shape index (κ1) is 14.0. The van der Waals surface area contributed by atoms with Gasteiger partial charge in [-0.1, -0.05) is 33.3 Å². The van der Waals surface area contributed by atoms with Gasteiger partial charge in [0.05, 0.1) is 0 Å². The molecule has 0 amide bonds. The number of unbranched alkanes of at least 4 members (excludes halogenated alkanes) is 1. The third-order valence-corrected chi connectivity index (χ3v) is 2.98. The molecule has 0 saturated carbocycles. The van der Waals surface area contributed by atoms with Crippen LogP contribution in [0.5, 0.6) is 0 Å². The van der Waals surface area contributed by atoms with Crippen molar-refractivity contribution in [1.82, 2.24) is 9.88 Å². The Bertz CT molecular complexity index is 407. The summed E-state index contributed by atoms with van der Waals surface area (Å²) in [6.45, 7) is 7.89. The smallest absolute Gasteiger partial charge is 0.255 e. The molecule has 0 atom stereocenters. The fourth-order valence-corrected chi connectivity index (χ4v) is 2.01. The number of aromatic nitrogens is 1. The molecule has 0 radical (unpaired) electrons. The zero-order valence-electron chi connectivity index (χ0n) is 11.4. The first-order valence-corrected chi connectivity index (χ1v) is 6.49. The second-order valence-electron chi connectivity index (χ2n) is 4.78. The summed E-state index contributed by atoms with van der Waals surface area (Å²) in [5, 5.41) is 3.04. The third-order valence-electron chi connectivity index (χ3n) is 2.98. The number of hydrogen-bond donors (Lipinski definition) is 1. The molecule has 0 fully saturated rings. The van der Waals surface area contributed by atoms with Crippen molar-refractivity contribution >= 4 is 0 Å². The van der Waals surface area contributed by atoms with Gasteiger partial charge in [-0.05, 0) is 25.5 Å². The molecule has 0 aliphatic rings. The Kier molecular flexibility index (Phi) is 5.42. The van der Waals surface area contributed by atoms with Crippen LogP contribution in [0.2, 0.25) is 0 Å². The topological polar surface area (TPSA) is 34.0 Å². The number of pyridine rings is 1. The van der Waals surface area contributed by atoms with Gasteiger partial charge in [-0.3, -0.25) is 4.79 Å². The van der Waals surface area contributed by atoms with Gasteiger partial charge in [-0.15, -0.1) is 0 Å². The van der Waals surface area contributed by atoms with E-state index in [0.717, 1.165) is 30.6 Å². The summed E-state index contributed by atoms with van der Waals surface area (Å²) < 4.78 is 1.95. The van der Waals surface area contributed by atoms with E-state index in [1.807, 2.05) is 17.7 Å². The second kappa shape index (κ2) is 6.60. The molecule has 17 heavy (non-hydrogen) atoms. The molecule has 0 aromatic carbocycles. The summed E-state index contributed by atoms with van der Waals surface area (Å²) in [6.07, 6.45) is 2.17. The highest BCUT2D eigenvalue weighted by Crippen LogP contribution is 2.13. The highest BCUT2D eigenvalue weighted by molar-refractivity contribution is 5.18. The summed E-state index contributed by atoms with van der Waals surface area (Å²) in [7, 11) is 1.87. The molecule has 0 aliphatic heterocycles. The van der Waals surface area contributed by atoms with E-state index in [1.165, 1.54) is 0 Å². The number of rotatable bonds is 6. The lowest BCUT2D eigenvalue weighted by Gasteiger charge is -2.16. The van der Waals surface area contributed by atoms with Gasteiger partial charge >= 0.3 is 0 Å². The minimum absolute atomic E-state index is 0.166. The maximum absolute atomic E-state index is 12.3. The predicted molar refractivity (Wildman–Crippen MR) is 72.5 cm³/mol.